The average Bonchev–Trinajstić information content (AvgIpc) is 2.92. The molecule has 0 aliphatic heterocycles. The van der Waals surface area contributed by atoms with Gasteiger partial charge in [-0.05, 0) is 58.3 Å². The third-order valence-electron chi connectivity index (χ3n) is 3.86. The summed E-state index contributed by atoms with van der Waals surface area (Å²) in [5.74, 6) is -0.576. The normalized spacial score (nSPS) is 19.7. The van der Waals surface area contributed by atoms with Crippen LogP contribution in [-0.2, 0) is 6.42 Å². The van der Waals surface area contributed by atoms with E-state index in [0.29, 0.717) is 4.47 Å². The van der Waals surface area contributed by atoms with Crippen molar-refractivity contribution >= 4 is 38.9 Å². The quantitative estimate of drug-likeness (QED) is 0.691. The Morgan fingerprint density at radius 2 is 2.20 bits per heavy atom. The second-order valence-corrected chi connectivity index (χ2v) is 7.24. The van der Waals surface area contributed by atoms with E-state index < -0.39 is 11.9 Å². The van der Waals surface area contributed by atoms with E-state index in [1.807, 2.05) is 11.4 Å². The number of fused-ring (bicyclic) bond motifs is 1. The van der Waals surface area contributed by atoms with Crippen LogP contribution < -0.4 is 0 Å². The lowest BCUT2D eigenvalue weighted by Gasteiger charge is -2.28. The fourth-order valence-electron chi connectivity index (χ4n) is 2.84. The van der Waals surface area contributed by atoms with Crippen LogP contribution in [0, 0.1) is 5.82 Å². The highest BCUT2D eigenvalue weighted by Gasteiger charge is 2.30. The molecule has 0 fully saturated rings. The Bertz CT molecular complexity index is 643. The molecule has 1 aromatic carbocycles. The number of rotatable bonds is 2. The van der Waals surface area contributed by atoms with Gasteiger partial charge in [0.15, 0.2) is 0 Å². The fourth-order valence-corrected chi connectivity index (χ4v) is 4.31. The van der Waals surface area contributed by atoms with E-state index in [0.717, 1.165) is 24.8 Å². The van der Waals surface area contributed by atoms with Crippen LogP contribution in [0.5, 0.6) is 0 Å². The largest absolute Gasteiger partial charge is 0.388 e. The second kappa shape index (κ2) is 5.76. The number of hydrogen-bond donors (Lipinski definition) is 1. The van der Waals surface area contributed by atoms with Gasteiger partial charge in [-0.25, -0.2) is 4.39 Å². The molecule has 0 spiro atoms. The average molecular weight is 376 g/mol. The summed E-state index contributed by atoms with van der Waals surface area (Å²) in [7, 11) is 0. The standard InChI is InChI=1S/C15H13BrClFOS/c16-11-5-4-10(14(18)13(11)17)15(19)9-2-1-3-12-8(9)6-7-20-12/h4-7,9,15,19H,1-3H2. The van der Waals surface area contributed by atoms with Gasteiger partial charge in [0, 0.05) is 20.8 Å². The molecule has 1 aliphatic carbocycles. The van der Waals surface area contributed by atoms with Crippen LogP contribution in [-0.4, -0.2) is 5.11 Å². The van der Waals surface area contributed by atoms with Gasteiger partial charge in [-0.2, -0.15) is 0 Å². The predicted octanol–water partition coefficient (Wildman–Crippen LogP) is 5.46. The predicted molar refractivity (Wildman–Crippen MR) is 84.1 cm³/mol. The molecule has 2 atom stereocenters. The minimum atomic E-state index is -0.853. The Hall–Kier alpha value is -0.420. The fraction of sp³-hybridized carbons (Fsp3) is 0.333. The molecule has 1 aromatic heterocycles. The number of aliphatic hydroxyl groups excluding tert-OH is 1. The van der Waals surface area contributed by atoms with E-state index in [1.54, 1.807) is 23.5 Å². The van der Waals surface area contributed by atoms with Crippen molar-refractivity contribution in [2.45, 2.75) is 31.3 Å². The summed E-state index contributed by atoms with van der Waals surface area (Å²) < 4.78 is 14.8. The molecule has 0 bridgehead atoms. The van der Waals surface area contributed by atoms with Crippen LogP contribution in [0.2, 0.25) is 5.02 Å². The molecule has 2 aromatic rings. The zero-order chi connectivity index (χ0) is 14.3. The molecule has 3 rings (SSSR count). The summed E-state index contributed by atoms with van der Waals surface area (Å²) in [6.07, 6.45) is 2.10. The number of halogens is 3. The molecule has 1 nitrogen and oxygen atoms in total. The number of aliphatic hydroxyl groups is 1. The molecule has 0 saturated carbocycles. The molecule has 1 aliphatic rings. The summed E-state index contributed by atoms with van der Waals surface area (Å²) in [4.78, 5) is 1.31. The molecule has 20 heavy (non-hydrogen) atoms. The number of thiophene rings is 1. The monoisotopic (exact) mass is 374 g/mol. The van der Waals surface area contributed by atoms with Crippen LogP contribution >= 0.6 is 38.9 Å². The van der Waals surface area contributed by atoms with Gasteiger partial charge >= 0.3 is 0 Å². The number of aryl methyl sites for hydroxylation is 1. The zero-order valence-corrected chi connectivity index (χ0v) is 13.7. The Kier molecular flexibility index (Phi) is 4.18. The maximum absolute atomic E-state index is 14.3. The molecule has 1 N–H and O–H groups in total. The van der Waals surface area contributed by atoms with Gasteiger partial charge in [-0.1, -0.05) is 17.7 Å². The summed E-state index contributed by atoms with van der Waals surface area (Å²) in [5.41, 5.74) is 1.44. The van der Waals surface area contributed by atoms with Crippen molar-refractivity contribution in [3.63, 3.8) is 0 Å². The molecule has 0 radical (unpaired) electrons. The summed E-state index contributed by atoms with van der Waals surface area (Å²) in [5, 5.41) is 12.7. The highest BCUT2D eigenvalue weighted by molar-refractivity contribution is 9.10. The van der Waals surface area contributed by atoms with Crippen molar-refractivity contribution in [2.75, 3.05) is 0 Å². The Morgan fingerprint density at radius 3 is 3.00 bits per heavy atom. The van der Waals surface area contributed by atoms with Crippen LogP contribution in [0.1, 0.15) is 40.9 Å². The molecule has 0 amide bonds. The lowest BCUT2D eigenvalue weighted by atomic mass is 9.81. The van der Waals surface area contributed by atoms with E-state index in [4.69, 9.17) is 11.6 Å². The highest BCUT2D eigenvalue weighted by Crippen LogP contribution is 2.44. The molecule has 0 saturated heterocycles. The van der Waals surface area contributed by atoms with Gasteiger partial charge in [0.25, 0.3) is 0 Å². The van der Waals surface area contributed by atoms with Crippen LogP contribution in [0.25, 0.3) is 0 Å². The molecule has 5 heteroatoms. The van der Waals surface area contributed by atoms with Crippen molar-refractivity contribution in [3.8, 4) is 0 Å². The number of hydrogen-bond acceptors (Lipinski definition) is 2. The van der Waals surface area contributed by atoms with Crippen molar-refractivity contribution in [1.29, 1.82) is 0 Å². The minimum absolute atomic E-state index is 0.0305. The Balaban J connectivity index is 1.99. The van der Waals surface area contributed by atoms with E-state index in [9.17, 15) is 9.50 Å². The molecular formula is C15H13BrClFOS. The van der Waals surface area contributed by atoms with Gasteiger partial charge in [0.05, 0.1) is 11.1 Å². The first-order valence-electron chi connectivity index (χ1n) is 6.47. The summed E-state index contributed by atoms with van der Waals surface area (Å²) >= 11 is 10.8. The van der Waals surface area contributed by atoms with E-state index in [1.165, 1.54) is 4.88 Å². The Labute approximate surface area is 134 Å². The summed E-state index contributed by atoms with van der Waals surface area (Å²) in [6.45, 7) is 0. The highest BCUT2D eigenvalue weighted by atomic mass is 79.9. The molecule has 106 valence electrons. The van der Waals surface area contributed by atoms with Gasteiger partial charge in [-0.15, -0.1) is 11.3 Å². The maximum atomic E-state index is 14.3. The van der Waals surface area contributed by atoms with Gasteiger partial charge in [-0.3, -0.25) is 0 Å². The van der Waals surface area contributed by atoms with Gasteiger partial charge < -0.3 is 5.11 Å². The Morgan fingerprint density at radius 1 is 1.40 bits per heavy atom. The topological polar surface area (TPSA) is 20.2 Å². The zero-order valence-electron chi connectivity index (χ0n) is 10.6. The molecule has 1 heterocycles. The van der Waals surface area contributed by atoms with Crippen LogP contribution in [0.4, 0.5) is 4.39 Å². The summed E-state index contributed by atoms with van der Waals surface area (Å²) in [6, 6.07) is 5.34. The van der Waals surface area contributed by atoms with Crippen molar-refractivity contribution in [1.82, 2.24) is 0 Å². The number of benzene rings is 1. The third kappa shape index (κ3) is 2.43. The third-order valence-corrected chi connectivity index (χ3v) is 6.12. The van der Waals surface area contributed by atoms with E-state index in [2.05, 4.69) is 15.9 Å². The smallest absolute Gasteiger partial charge is 0.148 e. The van der Waals surface area contributed by atoms with Gasteiger partial charge in [0.1, 0.15) is 5.82 Å². The van der Waals surface area contributed by atoms with Gasteiger partial charge in [0.2, 0.25) is 0 Å². The SMILES string of the molecule is OC(c1ccc(Br)c(Cl)c1F)C1CCCc2sccc21. The van der Waals surface area contributed by atoms with Crippen LogP contribution in [0.15, 0.2) is 28.1 Å². The minimum Gasteiger partial charge on any atom is -0.388 e. The lowest BCUT2D eigenvalue weighted by molar-refractivity contribution is 0.132. The van der Waals surface area contributed by atoms with Crippen LogP contribution in [0.3, 0.4) is 0 Å². The second-order valence-electron chi connectivity index (χ2n) is 5.01. The lowest BCUT2D eigenvalue weighted by Crippen LogP contribution is -2.16. The van der Waals surface area contributed by atoms with Crippen molar-refractivity contribution in [2.24, 2.45) is 0 Å². The van der Waals surface area contributed by atoms with E-state index >= 15 is 0 Å². The molecular weight excluding hydrogens is 363 g/mol. The van der Waals surface area contributed by atoms with Crippen molar-refractivity contribution in [3.05, 3.63) is 54.9 Å². The first-order chi connectivity index (χ1) is 9.59. The first-order valence-corrected chi connectivity index (χ1v) is 8.52. The first kappa shape index (κ1) is 14.5. The van der Waals surface area contributed by atoms with E-state index in [-0.39, 0.29) is 16.5 Å². The molecule has 2 unspecified atom stereocenters. The van der Waals surface area contributed by atoms with Crippen molar-refractivity contribution < 1.29 is 9.50 Å². The maximum Gasteiger partial charge on any atom is 0.148 e.